The number of nitrogens with zero attached hydrogens (tertiary/aromatic N) is 1. The largest absolute Gasteiger partial charge is 0.494 e. The number of ether oxygens (including phenoxy) is 1. The second-order valence-corrected chi connectivity index (χ2v) is 8.56. The predicted octanol–water partition coefficient (Wildman–Crippen LogP) is 2.69. The third-order valence-corrected chi connectivity index (χ3v) is 6.02. The van der Waals surface area contributed by atoms with Gasteiger partial charge in [0.05, 0.1) is 11.5 Å². The van der Waals surface area contributed by atoms with Crippen LogP contribution >= 0.6 is 0 Å². The number of hydrogen-bond donors (Lipinski definition) is 2. The van der Waals surface area contributed by atoms with E-state index < -0.39 is 22.0 Å². The van der Waals surface area contributed by atoms with Gasteiger partial charge in [-0.3, -0.25) is 9.78 Å². The summed E-state index contributed by atoms with van der Waals surface area (Å²) < 4.78 is 33.8. The number of aromatic nitrogens is 1. The zero-order valence-electron chi connectivity index (χ0n) is 17.2. The molecule has 1 atom stereocenters. The number of amides is 1. The highest BCUT2D eigenvalue weighted by Crippen LogP contribution is 2.17. The highest BCUT2D eigenvalue weighted by molar-refractivity contribution is 7.89. The second-order valence-electron chi connectivity index (χ2n) is 6.85. The van der Waals surface area contributed by atoms with Crippen LogP contribution in [0, 0.1) is 0 Å². The van der Waals surface area contributed by atoms with E-state index in [0.717, 1.165) is 11.1 Å². The van der Waals surface area contributed by atoms with Gasteiger partial charge in [0.15, 0.2) is 0 Å². The lowest BCUT2D eigenvalue weighted by Gasteiger charge is -2.19. The molecule has 0 fully saturated rings. The van der Waals surface area contributed by atoms with Crippen molar-refractivity contribution in [3.8, 4) is 5.75 Å². The Morgan fingerprint density at radius 2 is 1.71 bits per heavy atom. The summed E-state index contributed by atoms with van der Waals surface area (Å²) in [5, 5.41) is 2.79. The van der Waals surface area contributed by atoms with Gasteiger partial charge in [0.1, 0.15) is 11.8 Å². The fourth-order valence-electron chi connectivity index (χ4n) is 2.99. The summed E-state index contributed by atoms with van der Waals surface area (Å²) in [6.07, 6.45) is 3.51. The summed E-state index contributed by atoms with van der Waals surface area (Å²) in [6.45, 7) is 2.59. The normalized spacial score (nSPS) is 12.2. The van der Waals surface area contributed by atoms with Crippen molar-refractivity contribution in [2.24, 2.45) is 0 Å². The highest BCUT2D eigenvalue weighted by atomic mass is 32.2. The zero-order valence-corrected chi connectivity index (χ0v) is 18.0. The Bertz CT molecular complexity index is 1070. The minimum atomic E-state index is -3.92. The molecule has 1 unspecified atom stereocenters. The van der Waals surface area contributed by atoms with Crippen LogP contribution in [-0.4, -0.2) is 32.0 Å². The van der Waals surface area contributed by atoms with E-state index in [-0.39, 0.29) is 17.9 Å². The molecule has 1 amide bonds. The quantitative estimate of drug-likeness (QED) is 0.506. The molecule has 0 spiro atoms. The average molecular weight is 440 g/mol. The monoisotopic (exact) mass is 439 g/mol. The summed E-state index contributed by atoms with van der Waals surface area (Å²) in [5.41, 5.74) is 1.67. The van der Waals surface area contributed by atoms with Crippen LogP contribution in [0.1, 0.15) is 18.1 Å². The summed E-state index contributed by atoms with van der Waals surface area (Å²) in [4.78, 5) is 17.0. The van der Waals surface area contributed by atoms with Gasteiger partial charge in [0, 0.05) is 18.9 Å². The van der Waals surface area contributed by atoms with Crippen LogP contribution in [0.5, 0.6) is 5.75 Å². The van der Waals surface area contributed by atoms with E-state index in [2.05, 4.69) is 15.0 Å². The number of carbonyl (C=O) groups is 1. The Balaban J connectivity index is 1.77. The fraction of sp³-hybridized carbons (Fsp3) is 0.217. The molecule has 0 aliphatic rings. The van der Waals surface area contributed by atoms with E-state index in [1.807, 2.05) is 43.3 Å². The summed E-state index contributed by atoms with van der Waals surface area (Å²) in [5.74, 6) is 0.165. The molecular weight excluding hydrogens is 414 g/mol. The van der Waals surface area contributed by atoms with Crippen LogP contribution in [-0.2, 0) is 27.8 Å². The smallest absolute Gasteiger partial charge is 0.241 e. The third kappa shape index (κ3) is 6.63. The number of carbonyl (C=O) groups excluding carboxylic acids is 1. The van der Waals surface area contributed by atoms with E-state index >= 15 is 0 Å². The van der Waals surface area contributed by atoms with Crippen molar-refractivity contribution in [2.75, 3.05) is 6.61 Å². The summed E-state index contributed by atoms with van der Waals surface area (Å²) >= 11 is 0. The number of rotatable bonds is 10. The minimum Gasteiger partial charge on any atom is -0.494 e. The maximum Gasteiger partial charge on any atom is 0.241 e. The first-order chi connectivity index (χ1) is 15.0. The number of sulfonamides is 1. The SMILES string of the molecule is CCOc1ccc(S(=O)(=O)NC(Cc2ccccc2)C(=O)NCc2cccnc2)cc1. The van der Waals surface area contributed by atoms with Gasteiger partial charge in [-0.25, -0.2) is 8.42 Å². The molecule has 1 heterocycles. The molecule has 8 heteroatoms. The lowest BCUT2D eigenvalue weighted by atomic mass is 10.1. The van der Waals surface area contributed by atoms with Crippen molar-refractivity contribution in [2.45, 2.75) is 30.8 Å². The lowest BCUT2D eigenvalue weighted by Crippen LogP contribution is -2.47. The first kappa shape index (κ1) is 22.5. The van der Waals surface area contributed by atoms with Gasteiger partial charge in [-0.15, -0.1) is 0 Å². The Morgan fingerprint density at radius 3 is 2.35 bits per heavy atom. The standard InChI is InChI=1S/C23H25N3O4S/c1-2-30-20-10-12-21(13-11-20)31(28,29)26-22(15-18-7-4-3-5-8-18)23(27)25-17-19-9-6-14-24-16-19/h3-14,16,22,26H,2,15,17H2,1H3,(H,25,27). The van der Waals surface area contributed by atoms with Gasteiger partial charge in [-0.2, -0.15) is 4.72 Å². The molecular formula is C23H25N3O4S. The molecule has 3 aromatic rings. The Labute approximate surface area is 182 Å². The fourth-order valence-corrected chi connectivity index (χ4v) is 4.19. The van der Waals surface area contributed by atoms with E-state index in [9.17, 15) is 13.2 Å². The summed E-state index contributed by atoms with van der Waals surface area (Å²) in [7, 11) is -3.92. The molecule has 0 saturated heterocycles. The van der Waals surface area contributed by atoms with Gasteiger partial charge in [-0.1, -0.05) is 36.4 Å². The molecule has 0 bridgehead atoms. The number of pyridine rings is 1. The maximum atomic E-state index is 12.9. The molecule has 31 heavy (non-hydrogen) atoms. The highest BCUT2D eigenvalue weighted by Gasteiger charge is 2.26. The number of benzene rings is 2. The molecule has 0 radical (unpaired) electrons. The van der Waals surface area contributed by atoms with Crippen molar-refractivity contribution in [1.29, 1.82) is 0 Å². The van der Waals surface area contributed by atoms with Crippen LogP contribution in [0.25, 0.3) is 0 Å². The van der Waals surface area contributed by atoms with Crippen molar-refractivity contribution in [3.63, 3.8) is 0 Å². The molecule has 2 aromatic carbocycles. The first-order valence-electron chi connectivity index (χ1n) is 9.93. The van der Waals surface area contributed by atoms with Crippen LogP contribution in [0.15, 0.2) is 84.0 Å². The molecule has 162 valence electrons. The molecule has 7 nitrogen and oxygen atoms in total. The van der Waals surface area contributed by atoms with Crippen molar-refractivity contribution in [3.05, 3.63) is 90.3 Å². The van der Waals surface area contributed by atoms with Crippen LogP contribution in [0.3, 0.4) is 0 Å². The van der Waals surface area contributed by atoms with E-state index in [1.54, 1.807) is 30.6 Å². The van der Waals surface area contributed by atoms with Crippen LogP contribution in [0.2, 0.25) is 0 Å². The van der Waals surface area contributed by atoms with Crippen molar-refractivity contribution in [1.82, 2.24) is 15.0 Å². The average Bonchev–Trinajstić information content (AvgIpc) is 2.79. The molecule has 0 aliphatic heterocycles. The maximum absolute atomic E-state index is 12.9. The van der Waals surface area contributed by atoms with Gasteiger partial charge < -0.3 is 10.1 Å². The minimum absolute atomic E-state index is 0.0640. The second kappa shape index (κ2) is 10.7. The van der Waals surface area contributed by atoms with Gasteiger partial charge >= 0.3 is 0 Å². The number of hydrogen-bond acceptors (Lipinski definition) is 5. The summed E-state index contributed by atoms with van der Waals surface area (Å²) in [6, 6.07) is 18.0. The van der Waals surface area contributed by atoms with Crippen LogP contribution < -0.4 is 14.8 Å². The first-order valence-corrected chi connectivity index (χ1v) is 11.4. The van der Waals surface area contributed by atoms with E-state index in [1.165, 1.54) is 12.1 Å². The molecule has 3 rings (SSSR count). The van der Waals surface area contributed by atoms with E-state index in [0.29, 0.717) is 12.4 Å². The van der Waals surface area contributed by atoms with Gasteiger partial charge in [-0.05, 0) is 54.8 Å². The van der Waals surface area contributed by atoms with Gasteiger partial charge in [0.25, 0.3) is 0 Å². The van der Waals surface area contributed by atoms with E-state index in [4.69, 9.17) is 4.74 Å². The Hall–Kier alpha value is -3.23. The molecule has 1 aromatic heterocycles. The predicted molar refractivity (Wildman–Crippen MR) is 118 cm³/mol. The Kier molecular flexibility index (Phi) is 7.75. The Morgan fingerprint density at radius 1 is 1.00 bits per heavy atom. The van der Waals surface area contributed by atoms with Gasteiger partial charge in [0.2, 0.25) is 15.9 Å². The molecule has 2 N–H and O–H groups in total. The van der Waals surface area contributed by atoms with Crippen LogP contribution in [0.4, 0.5) is 0 Å². The topological polar surface area (TPSA) is 97.4 Å². The zero-order chi connectivity index (χ0) is 22.1. The number of nitrogens with one attached hydrogen (secondary N) is 2. The van der Waals surface area contributed by atoms with Crippen molar-refractivity contribution >= 4 is 15.9 Å². The lowest BCUT2D eigenvalue weighted by molar-refractivity contribution is -0.122. The molecule has 0 saturated carbocycles. The van der Waals surface area contributed by atoms with Crippen molar-refractivity contribution < 1.29 is 17.9 Å². The molecule has 0 aliphatic carbocycles. The third-order valence-electron chi connectivity index (χ3n) is 4.53.